The summed E-state index contributed by atoms with van der Waals surface area (Å²) in [7, 11) is 0. The Balaban J connectivity index is 2.04. The summed E-state index contributed by atoms with van der Waals surface area (Å²) in [5, 5.41) is 0. The van der Waals surface area contributed by atoms with Gasteiger partial charge in [0.1, 0.15) is 0 Å². The topological polar surface area (TPSA) is 38.8 Å². The molecule has 16 heavy (non-hydrogen) atoms. The molecule has 0 fully saturated rings. The summed E-state index contributed by atoms with van der Waals surface area (Å²) in [4.78, 5) is 14.0. The van der Waals surface area contributed by atoms with Crippen LogP contribution in [0.1, 0.15) is 29.3 Å². The van der Waals surface area contributed by atoms with E-state index in [1.165, 1.54) is 0 Å². The third kappa shape index (κ3) is 1.19. The maximum absolute atomic E-state index is 12.1. The predicted octanol–water partition coefficient (Wildman–Crippen LogP) is 1.78. The van der Waals surface area contributed by atoms with Crippen LogP contribution in [0.4, 0.5) is 0 Å². The quantitative estimate of drug-likeness (QED) is 0.761. The zero-order valence-electron chi connectivity index (χ0n) is 9.16. The van der Waals surface area contributed by atoms with Gasteiger partial charge >= 0.3 is 0 Å². The van der Waals surface area contributed by atoms with E-state index in [2.05, 4.69) is 6.92 Å². The molecule has 0 aromatic heterocycles. The smallest absolute Gasteiger partial charge is 0.258 e. The van der Waals surface area contributed by atoms with Crippen LogP contribution in [0, 0.1) is 0 Å². The van der Waals surface area contributed by atoms with Crippen molar-refractivity contribution in [3.8, 4) is 11.5 Å². The van der Waals surface area contributed by atoms with E-state index in [9.17, 15) is 4.79 Å². The van der Waals surface area contributed by atoms with E-state index in [0.717, 1.165) is 18.5 Å². The molecule has 1 amide bonds. The third-order valence-electron chi connectivity index (χ3n) is 2.98. The average molecular weight is 219 g/mol. The van der Waals surface area contributed by atoms with E-state index in [-0.39, 0.29) is 12.7 Å². The molecule has 2 aliphatic heterocycles. The van der Waals surface area contributed by atoms with Crippen molar-refractivity contribution in [3.63, 3.8) is 0 Å². The summed E-state index contributed by atoms with van der Waals surface area (Å²) in [6, 6.07) is 3.83. The molecule has 0 bridgehead atoms. The molecule has 3 rings (SSSR count). The van der Waals surface area contributed by atoms with Gasteiger partial charge in [0.05, 0.1) is 5.56 Å². The number of amides is 1. The summed E-state index contributed by atoms with van der Waals surface area (Å²) in [5.74, 6) is 1.38. The van der Waals surface area contributed by atoms with E-state index in [1.54, 1.807) is 0 Å². The molecule has 0 radical (unpaired) electrons. The van der Waals surface area contributed by atoms with Crippen molar-refractivity contribution in [2.24, 2.45) is 0 Å². The van der Waals surface area contributed by atoms with Crippen molar-refractivity contribution in [1.29, 1.82) is 0 Å². The first-order valence-corrected chi connectivity index (χ1v) is 5.52. The molecule has 0 saturated carbocycles. The SMILES string of the molecule is CCCN1Cc2ccc3c(c2C1=O)OCO3. The molecule has 4 heteroatoms. The fourth-order valence-electron chi connectivity index (χ4n) is 2.27. The second-order valence-corrected chi connectivity index (χ2v) is 4.06. The largest absolute Gasteiger partial charge is 0.454 e. The Bertz CT molecular complexity index is 456. The standard InChI is InChI=1S/C12H13NO3/c1-2-5-13-6-8-3-4-9-11(16-7-15-9)10(8)12(13)14/h3-4H,2,5-7H2,1H3. The Kier molecular flexibility index (Phi) is 2.02. The van der Waals surface area contributed by atoms with Crippen LogP contribution < -0.4 is 9.47 Å². The Morgan fingerprint density at radius 3 is 3.06 bits per heavy atom. The Labute approximate surface area is 93.8 Å². The molecule has 2 heterocycles. The fraction of sp³-hybridized carbons (Fsp3) is 0.417. The minimum Gasteiger partial charge on any atom is -0.454 e. The molecule has 1 aromatic carbocycles. The average Bonchev–Trinajstić information content (AvgIpc) is 2.84. The van der Waals surface area contributed by atoms with Crippen LogP contribution in [-0.4, -0.2) is 24.1 Å². The van der Waals surface area contributed by atoms with Crippen molar-refractivity contribution in [1.82, 2.24) is 4.90 Å². The van der Waals surface area contributed by atoms with Crippen molar-refractivity contribution in [2.45, 2.75) is 19.9 Å². The van der Waals surface area contributed by atoms with Crippen LogP contribution in [-0.2, 0) is 6.54 Å². The highest BCUT2D eigenvalue weighted by Gasteiger charge is 2.33. The van der Waals surface area contributed by atoms with Crippen LogP contribution in [0.15, 0.2) is 12.1 Å². The van der Waals surface area contributed by atoms with Gasteiger partial charge in [-0.2, -0.15) is 0 Å². The maximum Gasteiger partial charge on any atom is 0.258 e. The summed E-state index contributed by atoms with van der Waals surface area (Å²) in [5.41, 5.74) is 1.74. The number of carbonyl (C=O) groups excluding carboxylic acids is 1. The van der Waals surface area contributed by atoms with Gasteiger partial charge < -0.3 is 14.4 Å². The molecular weight excluding hydrogens is 206 g/mol. The normalized spacial score (nSPS) is 16.8. The molecule has 1 aromatic rings. The van der Waals surface area contributed by atoms with Crippen LogP contribution >= 0.6 is 0 Å². The Morgan fingerprint density at radius 1 is 1.38 bits per heavy atom. The van der Waals surface area contributed by atoms with Crippen LogP contribution in [0.25, 0.3) is 0 Å². The van der Waals surface area contributed by atoms with Gasteiger partial charge in [-0.05, 0) is 18.1 Å². The van der Waals surface area contributed by atoms with Gasteiger partial charge in [0.2, 0.25) is 6.79 Å². The zero-order valence-corrected chi connectivity index (χ0v) is 9.16. The molecule has 0 saturated heterocycles. The third-order valence-corrected chi connectivity index (χ3v) is 2.98. The van der Waals surface area contributed by atoms with Crippen LogP contribution in [0.2, 0.25) is 0 Å². The number of hydrogen-bond acceptors (Lipinski definition) is 3. The molecule has 2 aliphatic rings. The Hall–Kier alpha value is -1.71. The number of benzene rings is 1. The first-order valence-electron chi connectivity index (χ1n) is 5.52. The number of carbonyl (C=O) groups is 1. The van der Waals surface area contributed by atoms with E-state index in [1.807, 2.05) is 17.0 Å². The molecule has 0 unspecified atom stereocenters. The lowest BCUT2D eigenvalue weighted by molar-refractivity contribution is 0.0775. The lowest BCUT2D eigenvalue weighted by atomic mass is 10.1. The van der Waals surface area contributed by atoms with Gasteiger partial charge in [0, 0.05) is 13.1 Å². The number of nitrogens with zero attached hydrogens (tertiary/aromatic N) is 1. The van der Waals surface area contributed by atoms with Gasteiger partial charge in [0.15, 0.2) is 11.5 Å². The fourth-order valence-corrected chi connectivity index (χ4v) is 2.27. The number of hydrogen-bond donors (Lipinski definition) is 0. The number of rotatable bonds is 2. The maximum atomic E-state index is 12.1. The molecule has 0 spiro atoms. The van der Waals surface area contributed by atoms with E-state index >= 15 is 0 Å². The lowest BCUT2D eigenvalue weighted by Crippen LogP contribution is -2.24. The molecule has 84 valence electrons. The van der Waals surface area contributed by atoms with Crippen molar-refractivity contribution in [2.75, 3.05) is 13.3 Å². The molecule has 4 nitrogen and oxygen atoms in total. The van der Waals surface area contributed by atoms with Gasteiger partial charge in [-0.15, -0.1) is 0 Å². The summed E-state index contributed by atoms with van der Waals surface area (Å²) >= 11 is 0. The van der Waals surface area contributed by atoms with Crippen molar-refractivity contribution < 1.29 is 14.3 Å². The van der Waals surface area contributed by atoms with Gasteiger partial charge in [-0.25, -0.2) is 0 Å². The summed E-state index contributed by atoms with van der Waals surface area (Å²) in [6.45, 7) is 3.77. The second-order valence-electron chi connectivity index (χ2n) is 4.06. The number of ether oxygens (including phenoxy) is 2. The van der Waals surface area contributed by atoms with E-state index in [0.29, 0.717) is 23.6 Å². The van der Waals surface area contributed by atoms with Gasteiger partial charge in [0.25, 0.3) is 5.91 Å². The summed E-state index contributed by atoms with van der Waals surface area (Å²) in [6.07, 6.45) is 0.972. The minimum atomic E-state index is 0.0687. The van der Waals surface area contributed by atoms with Crippen molar-refractivity contribution in [3.05, 3.63) is 23.3 Å². The first-order chi connectivity index (χ1) is 7.81. The highest BCUT2D eigenvalue weighted by atomic mass is 16.7. The Morgan fingerprint density at radius 2 is 2.25 bits per heavy atom. The predicted molar refractivity (Wildman–Crippen MR) is 57.6 cm³/mol. The monoisotopic (exact) mass is 219 g/mol. The van der Waals surface area contributed by atoms with Gasteiger partial charge in [-0.3, -0.25) is 4.79 Å². The molecule has 0 atom stereocenters. The molecule has 0 N–H and O–H groups in total. The van der Waals surface area contributed by atoms with Crippen LogP contribution in [0.5, 0.6) is 11.5 Å². The zero-order chi connectivity index (χ0) is 11.1. The minimum absolute atomic E-state index is 0.0687. The van der Waals surface area contributed by atoms with Gasteiger partial charge in [-0.1, -0.05) is 13.0 Å². The molecular formula is C12H13NO3. The number of fused-ring (bicyclic) bond motifs is 3. The first kappa shape index (κ1) is 9.51. The van der Waals surface area contributed by atoms with E-state index in [4.69, 9.17) is 9.47 Å². The molecule has 0 aliphatic carbocycles. The highest BCUT2D eigenvalue weighted by molar-refractivity contribution is 6.01. The highest BCUT2D eigenvalue weighted by Crippen LogP contribution is 2.41. The van der Waals surface area contributed by atoms with E-state index < -0.39 is 0 Å². The van der Waals surface area contributed by atoms with Crippen LogP contribution in [0.3, 0.4) is 0 Å². The van der Waals surface area contributed by atoms with Crippen molar-refractivity contribution >= 4 is 5.91 Å². The lowest BCUT2D eigenvalue weighted by Gasteiger charge is -2.13. The second kappa shape index (κ2) is 3.40. The summed E-state index contributed by atoms with van der Waals surface area (Å²) < 4.78 is 10.6.